The highest BCUT2D eigenvalue weighted by molar-refractivity contribution is 7.88. The summed E-state index contributed by atoms with van der Waals surface area (Å²) >= 11 is 1.63. The van der Waals surface area contributed by atoms with Crippen LogP contribution in [-0.4, -0.2) is 43.7 Å². The van der Waals surface area contributed by atoms with Crippen molar-refractivity contribution in [1.82, 2.24) is 9.29 Å². The molecule has 21 heavy (non-hydrogen) atoms. The smallest absolute Gasteiger partial charge is 0.211 e. The van der Waals surface area contributed by atoms with E-state index in [0.29, 0.717) is 32.2 Å². The van der Waals surface area contributed by atoms with E-state index in [4.69, 9.17) is 4.74 Å². The molecule has 2 atom stereocenters. The van der Waals surface area contributed by atoms with Crippen LogP contribution in [0.2, 0.25) is 0 Å². The Labute approximate surface area is 130 Å². The maximum Gasteiger partial charge on any atom is 0.211 e. The monoisotopic (exact) mass is 330 g/mol. The van der Waals surface area contributed by atoms with E-state index >= 15 is 0 Å². The first kappa shape index (κ1) is 15.4. The molecular weight excluding hydrogens is 308 g/mol. The van der Waals surface area contributed by atoms with Gasteiger partial charge in [-0.1, -0.05) is 6.42 Å². The molecule has 1 aliphatic heterocycles. The van der Waals surface area contributed by atoms with Crippen molar-refractivity contribution in [2.75, 3.05) is 26.0 Å². The van der Waals surface area contributed by atoms with Gasteiger partial charge < -0.3 is 4.74 Å². The summed E-state index contributed by atoms with van der Waals surface area (Å²) in [5.41, 5.74) is 0.996. The summed E-state index contributed by atoms with van der Waals surface area (Å²) in [5, 5.41) is 3.07. The number of hydrogen-bond donors (Lipinski definition) is 0. The van der Waals surface area contributed by atoms with E-state index in [2.05, 4.69) is 4.98 Å². The van der Waals surface area contributed by atoms with Crippen LogP contribution in [0.3, 0.4) is 0 Å². The summed E-state index contributed by atoms with van der Waals surface area (Å²) in [6.45, 7) is 4.43. The molecule has 2 heterocycles. The van der Waals surface area contributed by atoms with Crippen LogP contribution >= 0.6 is 11.3 Å². The highest BCUT2D eigenvalue weighted by atomic mass is 32.2. The lowest BCUT2D eigenvalue weighted by Crippen LogP contribution is -2.34. The second-order valence-electron chi connectivity index (χ2n) is 6.36. The topological polar surface area (TPSA) is 59.5 Å². The maximum atomic E-state index is 11.8. The second-order valence-corrected chi connectivity index (χ2v) is 9.40. The minimum atomic E-state index is -3.09. The first-order valence-electron chi connectivity index (χ1n) is 7.33. The minimum Gasteiger partial charge on any atom is -0.374 e. The van der Waals surface area contributed by atoms with Crippen molar-refractivity contribution in [1.29, 1.82) is 0 Å². The van der Waals surface area contributed by atoms with Gasteiger partial charge in [0.05, 0.1) is 30.2 Å². The zero-order valence-corrected chi connectivity index (χ0v) is 14.2. The Morgan fingerprint density at radius 3 is 3.05 bits per heavy atom. The van der Waals surface area contributed by atoms with Crippen molar-refractivity contribution in [3.63, 3.8) is 0 Å². The molecule has 0 bridgehead atoms. The first-order chi connectivity index (χ1) is 9.89. The Hall–Kier alpha value is -0.500. The van der Waals surface area contributed by atoms with Gasteiger partial charge in [-0.2, -0.15) is 0 Å². The molecular formula is C14H22N2O3S2. The molecule has 2 aliphatic rings. The third-order valence-electron chi connectivity index (χ3n) is 4.78. The molecule has 1 saturated heterocycles. The summed E-state index contributed by atoms with van der Waals surface area (Å²) in [6, 6.07) is 0. The van der Waals surface area contributed by atoms with Crippen LogP contribution in [0.5, 0.6) is 0 Å². The molecule has 0 unspecified atom stereocenters. The molecule has 1 aliphatic carbocycles. The Morgan fingerprint density at radius 2 is 2.38 bits per heavy atom. The van der Waals surface area contributed by atoms with Gasteiger partial charge in [-0.3, -0.25) is 0 Å². The number of thiazole rings is 1. The number of hydrogen-bond acceptors (Lipinski definition) is 5. The summed E-state index contributed by atoms with van der Waals surface area (Å²) < 4.78 is 31.1. The van der Waals surface area contributed by atoms with Gasteiger partial charge >= 0.3 is 0 Å². The summed E-state index contributed by atoms with van der Waals surface area (Å²) in [6.07, 6.45) is 4.67. The van der Waals surface area contributed by atoms with Crippen LogP contribution in [-0.2, 0) is 21.4 Å². The highest BCUT2D eigenvalue weighted by Crippen LogP contribution is 2.49. The lowest BCUT2D eigenvalue weighted by molar-refractivity contribution is 0.0279. The van der Waals surface area contributed by atoms with Gasteiger partial charge in [-0.15, -0.1) is 11.3 Å². The van der Waals surface area contributed by atoms with Crippen LogP contribution in [0.25, 0.3) is 0 Å². The molecule has 0 spiro atoms. The molecule has 1 saturated carbocycles. The van der Waals surface area contributed by atoms with Gasteiger partial charge in [0.2, 0.25) is 10.0 Å². The average Bonchev–Trinajstić information content (AvgIpc) is 3.02. The molecule has 0 N–H and O–H groups in total. The van der Waals surface area contributed by atoms with Crippen molar-refractivity contribution in [2.45, 2.75) is 32.8 Å². The number of sulfonamides is 1. The van der Waals surface area contributed by atoms with Gasteiger partial charge in [0.15, 0.2) is 0 Å². The molecule has 118 valence electrons. The van der Waals surface area contributed by atoms with Crippen molar-refractivity contribution in [3.05, 3.63) is 16.1 Å². The standard InChI is InChI=1S/C14H22N2O3S2/c1-11-15-13(8-20-11)7-19-10-14-5-3-4-12(14)6-16(9-14)21(2,17)18/h8,12H,3-7,9-10H2,1-2H3/t12-,14-/m1/s1. The van der Waals surface area contributed by atoms with E-state index < -0.39 is 10.0 Å². The number of aryl methyl sites for hydroxylation is 1. The van der Waals surface area contributed by atoms with Gasteiger partial charge in [-0.05, 0) is 25.7 Å². The fourth-order valence-corrected chi connectivity index (χ4v) is 5.23. The molecule has 2 fully saturated rings. The first-order valence-corrected chi connectivity index (χ1v) is 10.1. The van der Waals surface area contributed by atoms with E-state index in [1.807, 2.05) is 12.3 Å². The van der Waals surface area contributed by atoms with Gasteiger partial charge in [0.25, 0.3) is 0 Å². The van der Waals surface area contributed by atoms with Crippen molar-refractivity contribution in [2.24, 2.45) is 11.3 Å². The maximum absolute atomic E-state index is 11.8. The predicted molar refractivity (Wildman–Crippen MR) is 82.7 cm³/mol. The van der Waals surface area contributed by atoms with Crippen molar-refractivity contribution < 1.29 is 13.2 Å². The lowest BCUT2D eigenvalue weighted by Gasteiger charge is -2.28. The Kier molecular flexibility index (Phi) is 4.11. The van der Waals surface area contributed by atoms with Crippen LogP contribution in [0.4, 0.5) is 0 Å². The van der Waals surface area contributed by atoms with Gasteiger partial charge in [-0.25, -0.2) is 17.7 Å². The Morgan fingerprint density at radius 1 is 1.57 bits per heavy atom. The molecule has 5 nitrogen and oxygen atoms in total. The Bertz CT molecular complexity index is 613. The number of ether oxygens (including phenoxy) is 1. The van der Waals surface area contributed by atoms with Gasteiger partial charge in [0.1, 0.15) is 0 Å². The largest absolute Gasteiger partial charge is 0.374 e. The molecule has 1 aromatic rings. The van der Waals surface area contributed by atoms with Crippen LogP contribution in [0, 0.1) is 18.3 Å². The molecule has 3 rings (SSSR count). The van der Waals surface area contributed by atoms with E-state index in [1.165, 1.54) is 12.7 Å². The normalized spacial score (nSPS) is 29.9. The molecule has 7 heteroatoms. The zero-order chi connectivity index (χ0) is 15.1. The lowest BCUT2D eigenvalue weighted by atomic mass is 9.82. The van der Waals surface area contributed by atoms with Crippen LogP contribution < -0.4 is 0 Å². The zero-order valence-electron chi connectivity index (χ0n) is 12.5. The molecule has 0 aromatic carbocycles. The van der Waals surface area contributed by atoms with E-state index in [-0.39, 0.29) is 5.41 Å². The molecule has 0 amide bonds. The summed E-state index contributed by atoms with van der Waals surface area (Å²) in [7, 11) is -3.09. The average molecular weight is 330 g/mol. The van der Waals surface area contributed by atoms with Crippen molar-refractivity contribution >= 4 is 21.4 Å². The van der Waals surface area contributed by atoms with Crippen molar-refractivity contribution in [3.8, 4) is 0 Å². The second kappa shape index (κ2) is 5.61. The quantitative estimate of drug-likeness (QED) is 0.829. The Balaban J connectivity index is 1.62. The number of fused-ring (bicyclic) bond motifs is 1. The minimum absolute atomic E-state index is 0.0220. The third-order valence-corrected chi connectivity index (χ3v) is 6.82. The number of aromatic nitrogens is 1. The van der Waals surface area contributed by atoms with Crippen LogP contribution in [0.1, 0.15) is 30.0 Å². The summed E-state index contributed by atoms with van der Waals surface area (Å²) in [5.74, 6) is 0.449. The fourth-order valence-electron chi connectivity index (χ4n) is 3.69. The van der Waals surface area contributed by atoms with Crippen LogP contribution in [0.15, 0.2) is 5.38 Å². The predicted octanol–water partition coefficient (Wildman–Crippen LogP) is 2.03. The number of nitrogens with zero attached hydrogens (tertiary/aromatic N) is 2. The highest BCUT2D eigenvalue weighted by Gasteiger charge is 2.51. The van der Waals surface area contributed by atoms with E-state index in [1.54, 1.807) is 15.6 Å². The van der Waals surface area contributed by atoms with E-state index in [9.17, 15) is 8.42 Å². The number of rotatable bonds is 5. The third kappa shape index (κ3) is 3.16. The SMILES string of the molecule is Cc1nc(COC[C@]23CCC[C@@H]2CN(S(C)(=O)=O)C3)cs1. The van der Waals surface area contributed by atoms with E-state index in [0.717, 1.165) is 23.5 Å². The molecule has 0 radical (unpaired) electrons. The fraction of sp³-hybridized carbons (Fsp3) is 0.786. The van der Waals surface area contributed by atoms with Gasteiger partial charge in [0, 0.05) is 23.9 Å². The molecule has 1 aromatic heterocycles. The summed E-state index contributed by atoms with van der Waals surface area (Å²) in [4.78, 5) is 4.40.